The molecular formula is C21H27N3O2. The zero-order valence-corrected chi connectivity index (χ0v) is 15.2. The highest BCUT2D eigenvalue weighted by atomic mass is 16.2. The van der Waals surface area contributed by atoms with E-state index in [0.717, 1.165) is 43.1 Å². The van der Waals surface area contributed by atoms with Gasteiger partial charge in [0.25, 0.3) is 5.91 Å². The Hall–Kier alpha value is -2.30. The number of amides is 2. The van der Waals surface area contributed by atoms with Gasteiger partial charge in [-0.05, 0) is 49.3 Å². The summed E-state index contributed by atoms with van der Waals surface area (Å²) in [5.74, 6) is 0.0785. The molecular weight excluding hydrogens is 326 g/mol. The van der Waals surface area contributed by atoms with Gasteiger partial charge in [0.2, 0.25) is 5.91 Å². The van der Waals surface area contributed by atoms with Gasteiger partial charge in [0.05, 0.1) is 5.92 Å². The summed E-state index contributed by atoms with van der Waals surface area (Å²) in [6.45, 7) is 1.26. The van der Waals surface area contributed by atoms with Crippen molar-refractivity contribution in [2.45, 2.75) is 51.0 Å². The first kappa shape index (κ1) is 17.1. The lowest BCUT2D eigenvalue weighted by Gasteiger charge is -2.33. The van der Waals surface area contributed by atoms with Crippen molar-refractivity contribution in [1.82, 2.24) is 15.2 Å². The maximum atomic E-state index is 12.9. The Morgan fingerprint density at radius 3 is 2.73 bits per heavy atom. The Morgan fingerprint density at radius 2 is 1.88 bits per heavy atom. The number of aromatic nitrogens is 1. The van der Waals surface area contributed by atoms with Gasteiger partial charge in [-0.15, -0.1) is 0 Å². The number of carbonyl (C=O) groups is 2. The van der Waals surface area contributed by atoms with Crippen molar-refractivity contribution in [2.75, 3.05) is 13.1 Å². The van der Waals surface area contributed by atoms with Gasteiger partial charge in [-0.3, -0.25) is 9.59 Å². The maximum absolute atomic E-state index is 12.9. The summed E-state index contributed by atoms with van der Waals surface area (Å²) >= 11 is 0. The van der Waals surface area contributed by atoms with E-state index in [2.05, 4.69) is 10.3 Å². The van der Waals surface area contributed by atoms with E-state index in [9.17, 15) is 9.59 Å². The van der Waals surface area contributed by atoms with E-state index in [0.29, 0.717) is 18.2 Å². The predicted molar refractivity (Wildman–Crippen MR) is 102 cm³/mol. The molecule has 4 rings (SSSR count). The second kappa shape index (κ2) is 7.52. The van der Waals surface area contributed by atoms with Gasteiger partial charge in [0, 0.05) is 36.4 Å². The molecule has 0 radical (unpaired) electrons. The molecule has 1 atom stereocenters. The summed E-state index contributed by atoms with van der Waals surface area (Å²) in [5, 5.41) is 4.33. The number of aromatic amines is 1. The predicted octanol–water partition coefficient (Wildman–Crippen LogP) is 3.47. The summed E-state index contributed by atoms with van der Waals surface area (Å²) in [6.07, 6.45) is 9.53. The second-order valence-corrected chi connectivity index (χ2v) is 7.71. The third kappa shape index (κ3) is 3.62. The molecule has 2 aromatic rings. The molecule has 1 aromatic heterocycles. The summed E-state index contributed by atoms with van der Waals surface area (Å²) in [4.78, 5) is 30.6. The fourth-order valence-corrected chi connectivity index (χ4v) is 4.31. The van der Waals surface area contributed by atoms with Crippen molar-refractivity contribution in [3.05, 3.63) is 36.0 Å². The van der Waals surface area contributed by atoms with E-state index < -0.39 is 0 Å². The van der Waals surface area contributed by atoms with E-state index in [-0.39, 0.29) is 17.7 Å². The largest absolute Gasteiger partial charge is 0.361 e. The highest BCUT2D eigenvalue weighted by Gasteiger charge is 2.30. The lowest BCUT2D eigenvalue weighted by atomic mass is 9.92. The standard InChI is InChI=1S/C21H27N3O2/c25-20(23-18-6-2-1-3-7-18)17-5-4-12-24(14-17)21(26)16-9-8-15-10-11-22-19(15)13-16/h8-11,13,17-18,22H,1-7,12,14H2,(H,23,25)/t17-/m0/s1. The number of piperidine rings is 1. The van der Waals surface area contributed by atoms with E-state index in [4.69, 9.17) is 0 Å². The molecule has 2 N–H and O–H groups in total. The van der Waals surface area contributed by atoms with Crippen molar-refractivity contribution in [2.24, 2.45) is 5.92 Å². The highest BCUT2D eigenvalue weighted by molar-refractivity contribution is 5.98. The van der Waals surface area contributed by atoms with Crippen LogP contribution in [0.1, 0.15) is 55.3 Å². The van der Waals surface area contributed by atoms with Crippen LogP contribution in [0.25, 0.3) is 10.9 Å². The van der Waals surface area contributed by atoms with Gasteiger partial charge in [-0.2, -0.15) is 0 Å². The van der Waals surface area contributed by atoms with Gasteiger partial charge >= 0.3 is 0 Å². The number of carbonyl (C=O) groups excluding carboxylic acids is 2. The number of fused-ring (bicyclic) bond motifs is 1. The minimum Gasteiger partial charge on any atom is -0.361 e. The van der Waals surface area contributed by atoms with E-state index in [1.807, 2.05) is 35.4 Å². The van der Waals surface area contributed by atoms with Crippen LogP contribution in [0.4, 0.5) is 0 Å². The van der Waals surface area contributed by atoms with E-state index in [1.54, 1.807) is 0 Å². The van der Waals surface area contributed by atoms with Gasteiger partial charge < -0.3 is 15.2 Å². The Labute approximate surface area is 154 Å². The fraction of sp³-hybridized carbons (Fsp3) is 0.524. The maximum Gasteiger partial charge on any atom is 0.253 e. The molecule has 1 saturated heterocycles. The number of rotatable bonds is 3. The molecule has 1 aliphatic heterocycles. The molecule has 2 aliphatic rings. The van der Waals surface area contributed by atoms with Gasteiger partial charge in [0.15, 0.2) is 0 Å². The van der Waals surface area contributed by atoms with Crippen molar-refractivity contribution in [3.63, 3.8) is 0 Å². The Kier molecular flexibility index (Phi) is 4.96. The molecule has 1 aliphatic carbocycles. The molecule has 0 unspecified atom stereocenters. The molecule has 0 spiro atoms. The molecule has 2 fully saturated rings. The normalized spacial score (nSPS) is 21.7. The lowest BCUT2D eigenvalue weighted by molar-refractivity contribution is -0.127. The molecule has 1 saturated carbocycles. The third-order valence-electron chi connectivity index (χ3n) is 5.83. The average molecular weight is 353 g/mol. The van der Waals surface area contributed by atoms with Crippen LogP contribution in [0, 0.1) is 5.92 Å². The van der Waals surface area contributed by atoms with Crippen LogP contribution in [0.3, 0.4) is 0 Å². The third-order valence-corrected chi connectivity index (χ3v) is 5.83. The van der Waals surface area contributed by atoms with Gasteiger partial charge in [0.1, 0.15) is 0 Å². The number of hydrogen-bond acceptors (Lipinski definition) is 2. The summed E-state index contributed by atoms with van der Waals surface area (Å²) in [5.41, 5.74) is 1.66. The van der Waals surface area contributed by atoms with Crippen molar-refractivity contribution >= 4 is 22.7 Å². The first-order chi connectivity index (χ1) is 12.7. The average Bonchev–Trinajstić information content (AvgIpc) is 3.16. The van der Waals surface area contributed by atoms with Gasteiger partial charge in [-0.1, -0.05) is 25.3 Å². The Bertz CT molecular complexity index is 791. The molecule has 5 nitrogen and oxygen atoms in total. The molecule has 2 heterocycles. The monoisotopic (exact) mass is 353 g/mol. The number of hydrogen-bond donors (Lipinski definition) is 2. The van der Waals surface area contributed by atoms with Crippen LogP contribution in [0.5, 0.6) is 0 Å². The highest BCUT2D eigenvalue weighted by Crippen LogP contribution is 2.23. The molecule has 0 bridgehead atoms. The Morgan fingerprint density at radius 1 is 1.04 bits per heavy atom. The summed E-state index contributed by atoms with van der Waals surface area (Å²) < 4.78 is 0. The fourth-order valence-electron chi connectivity index (χ4n) is 4.31. The number of nitrogens with zero attached hydrogens (tertiary/aromatic N) is 1. The number of likely N-dealkylation sites (tertiary alicyclic amines) is 1. The first-order valence-corrected chi connectivity index (χ1v) is 9.87. The SMILES string of the molecule is O=C(NC1CCCCC1)[C@H]1CCCN(C(=O)c2ccc3cc[nH]c3c2)C1. The zero-order valence-electron chi connectivity index (χ0n) is 15.2. The number of H-pyrrole nitrogens is 1. The van der Waals surface area contributed by atoms with Crippen molar-refractivity contribution in [3.8, 4) is 0 Å². The van der Waals surface area contributed by atoms with Crippen LogP contribution >= 0.6 is 0 Å². The molecule has 1 aromatic carbocycles. The quantitative estimate of drug-likeness (QED) is 0.887. The van der Waals surface area contributed by atoms with Crippen LogP contribution in [0.15, 0.2) is 30.5 Å². The van der Waals surface area contributed by atoms with Crippen LogP contribution in [-0.2, 0) is 4.79 Å². The molecule has 138 valence electrons. The lowest BCUT2D eigenvalue weighted by Crippen LogP contribution is -2.47. The molecule has 26 heavy (non-hydrogen) atoms. The minimum atomic E-state index is -0.0798. The van der Waals surface area contributed by atoms with Crippen LogP contribution in [-0.4, -0.2) is 40.8 Å². The summed E-state index contributed by atoms with van der Waals surface area (Å²) in [7, 11) is 0. The van der Waals surface area contributed by atoms with Crippen LogP contribution in [0.2, 0.25) is 0 Å². The van der Waals surface area contributed by atoms with Crippen molar-refractivity contribution in [1.29, 1.82) is 0 Å². The van der Waals surface area contributed by atoms with Gasteiger partial charge in [-0.25, -0.2) is 0 Å². The van der Waals surface area contributed by atoms with E-state index >= 15 is 0 Å². The molecule has 2 amide bonds. The molecule has 5 heteroatoms. The smallest absolute Gasteiger partial charge is 0.253 e. The number of benzene rings is 1. The zero-order chi connectivity index (χ0) is 17.9. The topological polar surface area (TPSA) is 65.2 Å². The van der Waals surface area contributed by atoms with E-state index in [1.165, 1.54) is 19.3 Å². The number of nitrogens with one attached hydrogen (secondary N) is 2. The Balaban J connectivity index is 1.40. The van der Waals surface area contributed by atoms with Crippen LogP contribution < -0.4 is 5.32 Å². The van der Waals surface area contributed by atoms with Crippen molar-refractivity contribution < 1.29 is 9.59 Å². The minimum absolute atomic E-state index is 0.0247. The second-order valence-electron chi connectivity index (χ2n) is 7.71. The summed E-state index contributed by atoms with van der Waals surface area (Å²) in [6, 6.07) is 8.08. The first-order valence-electron chi connectivity index (χ1n) is 9.87.